The normalized spacial score (nSPS) is 19.0. The first-order chi connectivity index (χ1) is 11.7. The Morgan fingerprint density at radius 1 is 1.36 bits per heavy atom. The van der Waals surface area contributed by atoms with Gasteiger partial charge in [0.15, 0.2) is 5.75 Å². The van der Waals surface area contributed by atoms with Crippen molar-refractivity contribution in [1.82, 2.24) is 4.90 Å². The highest BCUT2D eigenvalue weighted by Crippen LogP contribution is 2.32. The van der Waals surface area contributed by atoms with E-state index in [9.17, 15) is 18.5 Å². The van der Waals surface area contributed by atoms with Gasteiger partial charge in [0.2, 0.25) is 0 Å². The van der Waals surface area contributed by atoms with E-state index in [1.807, 2.05) is 0 Å². The van der Waals surface area contributed by atoms with E-state index >= 15 is 0 Å². The number of hydrogen-bond donors (Lipinski definition) is 0. The fourth-order valence-corrected chi connectivity index (χ4v) is 3.67. The zero-order valence-electron chi connectivity index (χ0n) is 14.8. The van der Waals surface area contributed by atoms with Crippen LogP contribution < -0.4 is 9.64 Å². The van der Waals surface area contributed by atoms with Crippen molar-refractivity contribution in [2.24, 2.45) is 0 Å². The Morgan fingerprint density at radius 3 is 2.64 bits per heavy atom. The summed E-state index contributed by atoms with van der Waals surface area (Å²) in [6, 6.07) is 5.14. The van der Waals surface area contributed by atoms with E-state index in [0.717, 1.165) is 31.7 Å². The third-order valence-corrected chi connectivity index (χ3v) is 5.47. The van der Waals surface area contributed by atoms with E-state index in [2.05, 4.69) is 16.7 Å². The zero-order valence-corrected chi connectivity index (χ0v) is 15.7. The summed E-state index contributed by atoms with van der Waals surface area (Å²) in [5, 5.41) is 11.0. The molecule has 1 aliphatic rings. The molecule has 1 saturated heterocycles. The van der Waals surface area contributed by atoms with Crippen molar-refractivity contribution in [3.8, 4) is 5.75 Å². The van der Waals surface area contributed by atoms with Gasteiger partial charge in [0.05, 0.1) is 17.8 Å². The second-order valence-electron chi connectivity index (χ2n) is 6.29. The maximum atomic E-state index is 11.4. The van der Waals surface area contributed by atoms with E-state index in [4.69, 9.17) is 4.74 Å². The highest BCUT2D eigenvalue weighted by Gasteiger charge is 2.27. The van der Waals surface area contributed by atoms with Gasteiger partial charge in [-0.05, 0) is 12.5 Å². The van der Waals surface area contributed by atoms with E-state index in [-0.39, 0.29) is 23.2 Å². The maximum Gasteiger partial charge on any atom is 0.311 e. The second-order valence-corrected chi connectivity index (χ2v) is 8.55. The minimum Gasteiger partial charge on any atom is -0.490 e. The number of benzene rings is 1. The molecule has 0 spiro atoms. The monoisotopic (exact) mass is 371 g/mol. The fourth-order valence-electron chi connectivity index (χ4n) is 3.11. The Bertz CT molecular complexity index is 722. The molecule has 1 aliphatic heterocycles. The summed E-state index contributed by atoms with van der Waals surface area (Å²) >= 11 is 0. The lowest BCUT2D eigenvalue weighted by atomic mass is 10.1. The predicted octanol–water partition coefficient (Wildman–Crippen LogP) is 1.55. The first-order valence-corrected chi connectivity index (χ1v) is 10.3. The number of hydrogen-bond acceptors (Lipinski definition) is 7. The summed E-state index contributed by atoms with van der Waals surface area (Å²) in [6.45, 7) is 4.86. The first-order valence-electron chi connectivity index (χ1n) is 8.24. The van der Waals surface area contributed by atoms with Crippen LogP contribution in [0, 0.1) is 10.1 Å². The number of nitro benzene ring substituents is 1. The van der Waals surface area contributed by atoms with Gasteiger partial charge in [0.1, 0.15) is 9.84 Å². The Kier molecular flexibility index (Phi) is 6.23. The molecule has 140 valence electrons. The fraction of sp³-hybridized carbons (Fsp3) is 0.625. The molecule has 0 amide bonds. The smallest absolute Gasteiger partial charge is 0.311 e. The molecule has 0 bridgehead atoms. The van der Waals surface area contributed by atoms with Crippen molar-refractivity contribution >= 4 is 21.2 Å². The van der Waals surface area contributed by atoms with Crippen LogP contribution in [0.25, 0.3) is 0 Å². The molecule has 1 heterocycles. The van der Waals surface area contributed by atoms with Crippen LogP contribution in [-0.4, -0.2) is 69.6 Å². The number of ether oxygens (including phenoxy) is 1. The molecule has 0 radical (unpaired) electrons. The molecule has 0 aliphatic carbocycles. The van der Waals surface area contributed by atoms with Gasteiger partial charge < -0.3 is 9.64 Å². The van der Waals surface area contributed by atoms with E-state index < -0.39 is 14.8 Å². The van der Waals surface area contributed by atoms with Crippen molar-refractivity contribution in [2.45, 2.75) is 19.4 Å². The Balaban J connectivity index is 2.11. The van der Waals surface area contributed by atoms with Gasteiger partial charge in [-0.15, -0.1) is 0 Å². The summed E-state index contributed by atoms with van der Waals surface area (Å²) < 4.78 is 28.0. The molecule has 8 nitrogen and oxygen atoms in total. The van der Waals surface area contributed by atoms with Gasteiger partial charge >= 0.3 is 5.69 Å². The standard InChI is InChI=1S/C16H25N3O5S/c1-4-13-12-18(8-7-17(13)9-10-25(3,22)23)14-5-6-15(19(20)21)16(11-14)24-2/h5-6,11,13H,4,7-10,12H2,1-3H3/t13-/m0/s1. The van der Waals surface area contributed by atoms with Crippen LogP contribution in [0.2, 0.25) is 0 Å². The molecule has 9 heteroatoms. The van der Waals surface area contributed by atoms with Gasteiger partial charge in [-0.1, -0.05) is 6.92 Å². The Labute approximate surface area is 148 Å². The third kappa shape index (κ3) is 5.05. The number of rotatable bonds is 7. The number of sulfone groups is 1. The SMILES string of the molecule is CC[C@H]1CN(c2ccc([N+](=O)[O-])c(OC)c2)CCN1CCS(C)(=O)=O. The number of piperazine rings is 1. The highest BCUT2D eigenvalue weighted by molar-refractivity contribution is 7.90. The molecule has 0 saturated carbocycles. The lowest BCUT2D eigenvalue weighted by molar-refractivity contribution is -0.385. The lowest BCUT2D eigenvalue weighted by Gasteiger charge is -2.42. The average molecular weight is 371 g/mol. The van der Waals surface area contributed by atoms with Crippen LogP contribution in [0.1, 0.15) is 13.3 Å². The quantitative estimate of drug-likeness (QED) is 0.530. The van der Waals surface area contributed by atoms with Crippen LogP contribution in [-0.2, 0) is 9.84 Å². The van der Waals surface area contributed by atoms with E-state index in [1.54, 1.807) is 12.1 Å². The maximum absolute atomic E-state index is 11.4. The zero-order chi connectivity index (χ0) is 18.6. The molecule has 25 heavy (non-hydrogen) atoms. The molecule has 1 aromatic carbocycles. The van der Waals surface area contributed by atoms with Crippen molar-refractivity contribution in [1.29, 1.82) is 0 Å². The van der Waals surface area contributed by atoms with Crippen molar-refractivity contribution in [2.75, 3.05) is 50.2 Å². The summed E-state index contributed by atoms with van der Waals surface area (Å²) in [7, 11) is -1.56. The lowest BCUT2D eigenvalue weighted by Crippen LogP contribution is -2.54. The van der Waals surface area contributed by atoms with Crippen molar-refractivity contribution in [3.63, 3.8) is 0 Å². The van der Waals surface area contributed by atoms with Crippen LogP contribution in [0.15, 0.2) is 18.2 Å². The number of anilines is 1. The Morgan fingerprint density at radius 2 is 2.08 bits per heavy atom. The molecule has 1 aromatic rings. The van der Waals surface area contributed by atoms with Gasteiger partial charge in [0, 0.05) is 56.3 Å². The Hall–Kier alpha value is -1.87. The molecule has 1 atom stereocenters. The van der Waals surface area contributed by atoms with Gasteiger partial charge in [-0.2, -0.15) is 0 Å². The molecule has 0 unspecified atom stereocenters. The predicted molar refractivity (Wildman–Crippen MR) is 97.2 cm³/mol. The van der Waals surface area contributed by atoms with Crippen LogP contribution in [0.5, 0.6) is 5.75 Å². The van der Waals surface area contributed by atoms with Crippen LogP contribution in [0.4, 0.5) is 11.4 Å². The minimum absolute atomic E-state index is 0.0509. The van der Waals surface area contributed by atoms with Gasteiger partial charge in [-0.3, -0.25) is 15.0 Å². The molecule has 0 N–H and O–H groups in total. The first kappa shape index (κ1) is 19.5. The van der Waals surface area contributed by atoms with Crippen molar-refractivity contribution in [3.05, 3.63) is 28.3 Å². The van der Waals surface area contributed by atoms with E-state index in [1.165, 1.54) is 19.4 Å². The number of nitrogens with zero attached hydrogens (tertiary/aromatic N) is 3. The van der Waals surface area contributed by atoms with Crippen LogP contribution in [0.3, 0.4) is 0 Å². The second kappa shape index (κ2) is 8.01. The highest BCUT2D eigenvalue weighted by atomic mass is 32.2. The molecule has 0 aromatic heterocycles. The average Bonchev–Trinajstić information content (AvgIpc) is 2.58. The third-order valence-electron chi connectivity index (χ3n) is 4.55. The van der Waals surface area contributed by atoms with Crippen molar-refractivity contribution < 1.29 is 18.1 Å². The minimum atomic E-state index is -2.98. The molecular weight excluding hydrogens is 346 g/mol. The van der Waals surface area contributed by atoms with Gasteiger partial charge in [-0.25, -0.2) is 8.42 Å². The molecule has 2 rings (SSSR count). The summed E-state index contributed by atoms with van der Waals surface area (Å²) in [6.07, 6.45) is 2.16. The summed E-state index contributed by atoms with van der Waals surface area (Å²) in [5.74, 6) is 0.407. The topological polar surface area (TPSA) is 93.0 Å². The van der Waals surface area contributed by atoms with Crippen LogP contribution >= 0.6 is 0 Å². The summed E-state index contributed by atoms with van der Waals surface area (Å²) in [5.41, 5.74) is 0.828. The largest absolute Gasteiger partial charge is 0.490 e. The summed E-state index contributed by atoms with van der Waals surface area (Å²) in [4.78, 5) is 14.9. The molecular formula is C16H25N3O5S. The number of methoxy groups -OCH3 is 1. The van der Waals surface area contributed by atoms with E-state index in [0.29, 0.717) is 6.54 Å². The molecule has 1 fully saturated rings. The number of nitro groups is 1. The van der Waals surface area contributed by atoms with Gasteiger partial charge in [0.25, 0.3) is 0 Å².